The summed E-state index contributed by atoms with van der Waals surface area (Å²) in [6, 6.07) is 7.51. The number of aryl methyl sites for hydroxylation is 1. The van der Waals surface area contributed by atoms with Gasteiger partial charge in [0.25, 0.3) is 0 Å². The molecular formula is C18H24N2O3. The van der Waals surface area contributed by atoms with E-state index in [0.717, 1.165) is 17.5 Å². The van der Waals surface area contributed by atoms with Gasteiger partial charge in [0.15, 0.2) is 0 Å². The van der Waals surface area contributed by atoms with Crippen LogP contribution in [0.3, 0.4) is 0 Å². The van der Waals surface area contributed by atoms with Crippen LogP contribution in [0.1, 0.15) is 54.6 Å². The maximum Gasteiger partial charge on any atom is 0.338 e. The predicted octanol–water partition coefficient (Wildman–Crippen LogP) is 3.69. The van der Waals surface area contributed by atoms with Gasteiger partial charge in [-0.1, -0.05) is 32.9 Å². The number of carbonyl (C=O) groups is 1. The summed E-state index contributed by atoms with van der Waals surface area (Å²) in [6.45, 7) is 6.89. The van der Waals surface area contributed by atoms with Gasteiger partial charge >= 0.3 is 5.97 Å². The van der Waals surface area contributed by atoms with Gasteiger partial charge in [-0.2, -0.15) is 0 Å². The number of rotatable bonds is 7. The summed E-state index contributed by atoms with van der Waals surface area (Å²) in [6.07, 6.45) is 2.62. The highest BCUT2D eigenvalue weighted by Crippen LogP contribution is 2.25. The Hall–Kier alpha value is -2.30. The van der Waals surface area contributed by atoms with Crippen LogP contribution in [0.25, 0.3) is 0 Å². The molecule has 0 saturated heterocycles. The van der Waals surface area contributed by atoms with Crippen molar-refractivity contribution in [2.24, 2.45) is 7.05 Å². The summed E-state index contributed by atoms with van der Waals surface area (Å²) in [5.74, 6) is 0.532. The van der Waals surface area contributed by atoms with Crippen LogP contribution in [-0.4, -0.2) is 22.4 Å². The van der Waals surface area contributed by atoms with Gasteiger partial charge in [0.1, 0.15) is 6.61 Å². The molecule has 0 saturated carbocycles. The number of hydrogen-bond acceptors (Lipinski definition) is 4. The molecule has 23 heavy (non-hydrogen) atoms. The van der Waals surface area contributed by atoms with Crippen LogP contribution in [0.4, 0.5) is 0 Å². The number of hydrogen-bond donors (Lipinski definition) is 0. The summed E-state index contributed by atoms with van der Waals surface area (Å²) < 4.78 is 12.7. The maximum atomic E-state index is 12.3. The predicted molar refractivity (Wildman–Crippen MR) is 88.6 cm³/mol. The van der Waals surface area contributed by atoms with E-state index in [9.17, 15) is 4.79 Å². The summed E-state index contributed by atoms with van der Waals surface area (Å²) in [7, 11) is 1.84. The minimum atomic E-state index is -0.297. The zero-order chi connectivity index (χ0) is 16.8. The molecular weight excluding hydrogens is 292 g/mol. The fourth-order valence-electron chi connectivity index (χ4n) is 2.39. The Kier molecular flexibility index (Phi) is 5.79. The average molecular weight is 316 g/mol. The molecule has 0 amide bonds. The van der Waals surface area contributed by atoms with E-state index in [4.69, 9.17) is 9.47 Å². The molecule has 0 N–H and O–H groups in total. The number of ether oxygens (including phenoxy) is 2. The van der Waals surface area contributed by atoms with E-state index in [1.165, 1.54) is 0 Å². The van der Waals surface area contributed by atoms with Crippen LogP contribution in [0.2, 0.25) is 0 Å². The number of aromatic nitrogens is 2. The van der Waals surface area contributed by atoms with Crippen molar-refractivity contribution in [3.8, 4) is 5.88 Å². The molecule has 1 aromatic heterocycles. The van der Waals surface area contributed by atoms with E-state index in [-0.39, 0.29) is 11.9 Å². The van der Waals surface area contributed by atoms with Gasteiger partial charge in [-0.25, -0.2) is 4.79 Å². The van der Waals surface area contributed by atoms with Crippen LogP contribution in [-0.2, 0) is 18.4 Å². The van der Waals surface area contributed by atoms with Crippen molar-refractivity contribution in [3.05, 3.63) is 47.2 Å². The van der Waals surface area contributed by atoms with Gasteiger partial charge in [-0.05, 0) is 24.0 Å². The Morgan fingerprint density at radius 2 is 2.09 bits per heavy atom. The Morgan fingerprint density at radius 3 is 2.70 bits per heavy atom. The van der Waals surface area contributed by atoms with E-state index >= 15 is 0 Å². The number of esters is 1. The fourth-order valence-corrected chi connectivity index (χ4v) is 2.39. The minimum absolute atomic E-state index is 0.288. The quantitative estimate of drug-likeness (QED) is 0.731. The van der Waals surface area contributed by atoms with Gasteiger partial charge in [0.2, 0.25) is 5.88 Å². The summed E-state index contributed by atoms with van der Waals surface area (Å²) in [5, 5.41) is 4.20. The highest BCUT2D eigenvalue weighted by atomic mass is 16.5. The first kappa shape index (κ1) is 17.1. The first-order valence-corrected chi connectivity index (χ1v) is 7.94. The van der Waals surface area contributed by atoms with E-state index in [0.29, 0.717) is 24.7 Å². The van der Waals surface area contributed by atoms with E-state index in [2.05, 4.69) is 18.9 Å². The molecule has 5 heteroatoms. The average Bonchev–Trinajstić information content (AvgIpc) is 2.95. The number of carbonyl (C=O) groups excluding carboxylic acids is 1. The first-order valence-electron chi connectivity index (χ1n) is 7.94. The number of benzene rings is 1. The molecule has 0 radical (unpaired) electrons. The van der Waals surface area contributed by atoms with Gasteiger partial charge in [-0.15, -0.1) is 5.10 Å². The van der Waals surface area contributed by atoms with Crippen LogP contribution in [0.5, 0.6) is 5.88 Å². The third-order valence-electron chi connectivity index (χ3n) is 3.54. The lowest BCUT2D eigenvalue weighted by Gasteiger charge is -2.16. The van der Waals surface area contributed by atoms with Crippen molar-refractivity contribution >= 4 is 5.97 Å². The zero-order valence-corrected chi connectivity index (χ0v) is 14.2. The Labute approximate surface area is 137 Å². The van der Waals surface area contributed by atoms with Crippen molar-refractivity contribution in [3.63, 3.8) is 0 Å². The van der Waals surface area contributed by atoms with Crippen molar-refractivity contribution in [2.45, 2.75) is 39.7 Å². The Bertz CT molecular complexity index is 662. The second-order valence-electron chi connectivity index (χ2n) is 5.78. The molecule has 5 nitrogen and oxygen atoms in total. The molecule has 2 aromatic rings. The smallest absolute Gasteiger partial charge is 0.338 e. The monoisotopic (exact) mass is 316 g/mol. The lowest BCUT2D eigenvalue weighted by Crippen LogP contribution is -2.13. The lowest BCUT2D eigenvalue weighted by atomic mass is 9.93. The first-order chi connectivity index (χ1) is 11.0. The molecule has 1 heterocycles. The van der Waals surface area contributed by atoms with Gasteiger partial charge in [-0.3, -0.25) is 4.68 Å². The molecule has 0 spiro atoms. The lowest BCUT2D eigenvalue weighted by molar-refractivity contribution is 0.0502. The van der Waals surface area contributed by atoms with Crippen LogP contribution >= 0.6 is 0 Å². The minimum Gasteiger partial charge on any atom is -0.472 e. The highest BCUT2D eigenvalue weighted by molar-refractivity contribution is 5.91. The van der Waals surface area contributed by atoms with E-state index in [1.54, 1.807) is 16.8 Å². The van der Waals surface area contributed by atoms with Crippen molar-refractivity contribution < 1.29 is 14.3 Å². The molecule has 0 unspecified atom stereocenters. The van der Waals surface area contributed by atoms with E-state index < -0.39 is 0 Å². The molecule has 2 rings (SSSR count). The van der Waals surface area contributed by atoms with Crippen LogP contribution in [0, 0.1) is 0 Å². The standard InChI is InChI=1S/C18H24N2O3/c1-5-11-22-18(21)15-8-6-7-14(13(2)3)16(15)12-23-17-9-10-20(4)19-17/h6-10,13H,5,11-12H2,1-4H3. The summed E-state index contributed by atoms with van der Waals surface area (Å²) in [5.41, 5.74) is 2.53. The van der Waals surface area contributed by atoms with Crippen LogP contribution in [0.15, 0.2) is 30.5 Å². The van der Waals surface area contributed by atoms with Gasteiger partial charge in [0.05, 0.1) is 12.2 Å². The van der Waals surface area contributed by atoms with Crippen LogP contribution < -0.4 is 4.74 Å². The van der Waals surface area contributed by atoms with Gasteiger partial charge < -0.3 is 9.47 Å². The second kappa shape index (κ2) is 7.81. The molecule has 0 fully saturated rings. The second-order valence-corrected chi connectivity index (χ2v) is 5.78. The van der Waals surface area contributed by atoms with Gasteiger partial charge in [0, 0.05) is 24.9 Å². The SMILES string of the molecule is CCCOC(=O)c1cccc(C(C)C)c1COc1ccn(C)n1. The third-order valence-corrected chi connectivity index (χ3v) is 3.54. The fraction of sp³-hybridized carbons (Fsp3) is 0.444. The topological polar surface area (TPSA) is 53.4 Å². The zero-order valence-electron chi connectivity index (χ0n) is 14.2. The molecule has 0 atom stereocenters. The Morgan fingerprint density at radius 1 is 1.30 bits per heavy atom. The summed E-state index contributed by atoms with van der Waals surface area (Å²) in [4.78, 5) is 12.3. The number of nitrogens with zero attached hydrogens (tertiary/aromatic N) is 2. The third kappa shape index (κ3) is 4.34. The molecule has 0 aliphatic heterocycles. The molecule has 0 aliphatic rings. The van der Waals surface area contributed by atoms with Crippen molar-refractivity contribution in [1.82, 2.24) is 9.78 Å². The molecule has 124 valence electrons. The molecule has 0 aliphatic carbocycles. The molecule has 1 aromatic carbocycles. The van der Waals surface area contributed by atoms with E-state index in [1.807, 2.05) is 32.3 Å². The largest absolute Gasteiger partial charge is 0.472 e. The summed E-state index contributed by atoms with van der Waals surface area (Å²) >= 11 is 0. The Balaban J connectivity index is 2.27. The highest BCUT2D eigenvalue weighted by Gasteiger charge is 2.18. The molecule has 0 bridgehead atoms. The maximum absolute atomic E-state index is 12.3. The van der Waals surface area contributed by atoms with Crippen molar-refractivity contribution in [2.75, 3.05) is 6.61 Å². The normalized spacial score (nSPS) is 10.8. The van der Waals surface area contributed by atoms with Crippen molar-refractivity contribution in [1.29, 1.82) is 0 Å².